The Morgan fingerprint density at radius 3 is 2.62 bits per heavy atom. The fraction of sp³-hybridized carbons (Fsp3) is 0.273. The molecule has 1 N–H and O–H groups in total. The van der Waals surface area contributed by atoms with Crippen LogP contribution in [0.25, 0.3) is 0 Å². The first-order valence-corrected chi connectivity index (χ1v) is 4.13. The Morgan fingerprint density at radius 2 is 2.08 bits per heavy atom. The average molecular weight is 175 g/mol. The van der Waals surface area contributed by atoms with Crippen molar-refractivity contribution in [2.45, 2.75) is 13.0 Å². The van der Waals surface area contributed by atoms with E-state index in [0.717, 1.165) is 5.69 Å². The van der Waals surface area contributed by atoms with Gasteiger partial charge in [0.2, 0.25) is 0 Å². The molecule has 1 aromatic rings. The molecule has 13 heavy (non-hydrogen) atoms. The standard InChI is InChI=1S/C11H13NO/c1-4-9(2)12(3)10-7-5-6-8-11(10)13/h1,5-9,13H,2-3H3. The molecule has 0 radical (unpaired) electrons. The van der Waals surface area contributed by atoms with Gasteiger partial charge in [-0.15, -0.1) is 6.42 Å². The number of phenolic OH excluding ortho intramolecular Hbond substituents is 1. The predicted octanol–water partition coefficient (Wildman–Crippen LogP) is 1.85. The van der Waals surface area contributed by atoms with Gasteiger partial charge in [-0.3, -0.25) is 0 Å². The van der Waals surface area contributed by atoms with Gasteiger partial charge in [0.1, 0.15) is 5.75 Å². The minimum absolute atomic E-state index is 0.0201. The molecular weight excluding hydrogens is 162 g/mol. The van der Waals surface area contributed by atoms with Gasteiger partial charge in [0.15, 0.2) is 0 Å². The molecule has 0 heterocycles. The molecule has 68 valence electrons. The summed E-state index contributed by atoms with van der Waals surface area (Å²) >= 11 is 0. The highest BCUT2D eigenvalue weighted by molar-refractivity contribution is 5.58. The monoisotopic (exact) mass is 175 g/mol. The van der Waals surface area contributed by atoms with Crippen LogP contribution in [0.15, 0.2) is 24.3 Å². The smallest absolute Gasteiger partial charge is 0.138 e. The predicted molar refractivity (Wildman–Crippen MR) is 54.8 cm³/mol. The third kappa shape index (κ3) is 1.94. The Labute approximate surface area is 78.8 Å². The quantitative estimate of drug-likeness (QED) is 0.693. The second-order valence-electron chi connectivity index (χ2n) is 2.94. The molecule has 0 spiro atoms. The van der Waals surface area contributed by atoms with Crippen LogP contribution in [-0.4, -0.2) is 18.2 Å². The zero-order chi connectivity index (χ0) is 9.84. The number of nitrogens with zero attached hydrogens (tertiary/aromatic N) is 1. The number of para-hydroxylation sites is 2. The number of phenols is 1. The van der Waals surface area contributed by atoms with E-state index in [0.29, 0.717) is 0 Å². The Balaban J connectivity index is 2.96. The Bertz CT molecular complexity index is 327. The third-order valence-electron chi connectivity index (χ3n) is 2.08. The second-order valence-corrected chi connectivity index (χ2v) is 2.94. The molecule has 0 aromatic heterocycles. The maximum atomic E-state index is 9.52. The Morgan fingerprint density at radius 1 is 1.46 bits per heavy atom. The first-order chi connectivity index (χ1) is 6.16. The van der Waals surface area contributed by atoms with E-state index in [2.05, 4.69) is 5.92 Å². The summed E-state index contributed by atoms with van der Waals surface area (Å²) in [5, 5.41) is 9.52. The van der Waals surface area contributed by atoms with Gasteiger partial charge in [0.05, 0.1) is 11.7 Å². The molecule has 0 saturated heterocycles. The highest BCUT2D eigenvalue weighted by Gasteiger charge is 2.09. The molecule has 1 unspecified atom stereocenters. The number of terminal acetylenes is 1. The summed E-state index contributed by atoms with van der Waals surface area (Å²) in [6.07, 6.45) is 5.29. The molecule has 1 atom stereocenters. The number of hydrogen-bond donors (Lipinski definition) is 1. The Kier molecular flexibility index (Phi) is 2.81. The van der Waals surface area contributed by atoms with Crippen molar-refractivity contribution < 1.29 is 5.11 Å². The largest absolute Gasteiger partial charge is 0.506 e. The van der Waals surface area contributed by atoms with E-state index < -0.39 is 0 Å². The lowest BCUT2D eigenvalue weighted by Gasteiger charge is -2.23. The lowest BCUT2D eigenvalue weighted by atomic mass is 10.2. The summed E-state index contributed by atoms with van der Waals surface area (Å²) in [6.45, 7) is 1.91. The summed E-state index contributed by atoms with van der Waals surface area (Å²) < 4.78 is 0. The second kappa shape index (κ2) is 3.86. The van der Waals surface area contributed by atoms with E-state index in [9.17, 15) is 5.11 Å². The van der Waals surface area contributed by atoms with Crippen molar-refractivity contribution in [3.63, 3.8) is 0 Å². The molecule has 0 aliphatic heterocycles. The molecule has 0 aliphatic rings. The van der Waals surface area contributed by atoms with Gasteiger partial charge in [0.25, 0.3) is 0 Å². The molecule has 2 heteroatoms. The van der Waals surface area contributed by atoms with E-state index in [1.165, 1.54) is 0 Å². The molecular formula is C11H13NO. The lowest BCUT2D eigenvalue weighted by molar-refractivity contribution is 0.474. The SMILES string of the molecule is C#CC(C)N(C)c1ccccc1O. The van der Waals surface area contributed by atoms with Crippen molar-refractivity contribution in [3.8, 4) is 18.1 Å². The molecule has 0 fully saturated rings. The fourth-order valence-electron chi connectivity index (χ4n) is 1.08. The normalized spacial score (nSPS) is 11.8. The molecule has 0 bridgehead atoms. The van der Waals surface area contributed by atoms with Gasteiger partial charge >= 0.3 is 0 Å². The van der Waals surface area contributed by atoms with Gasteiger partial charge < -0.3 is 10.0 Å². The van der Waals surface area contributed by atoms with Crippen molar-refractivity contribution in [3.05, 3.63) is 24.3 Å². The minimum atomic E-state index is -0.0201. The van der Waals surface area contributed by atoms with E-state index in [1.807, 2.05) is 31.0 Å². The van der Waals surface area contributed by atoms with Crippen molar-refractivity contribution in [1.29, 1.82) is 0 Å². The Hall–Kier alpha value is -1.62. The van der Waals surface area contributed by atoms with Crippen LogP contribution in [0.4, 0.5) is 5.69 Å². The van der Waals surface area contributed by atoms with Crippen molar-refractivity contribution in [2.24, 2.45) is 0 Å². The summed E-state index contributed by atoms with van der Waals surface area (Å²) in [7, 11) is 1.86. The number of anilines is 1. The number of hydrogen-bond acceptors (Lipinski definition) is 2. The molecule has 0 saturated carbocycles. The summed E-state index contributed by atoms with van der Waals surface area (Å²) in [4.78, 5) is 1.86. The van der Waals surface area contributed by atoms with E-state index in [-0.39, 0.29) is 11.8 Å². The van der Waals surface area contributed by atoms with Crippen LogP contribution < -0.4 is 4.90 Å². The van der Waals surface area contributed by atoms with Crippen molar-refractivity contribution in [1.82, 2.24) is 0 Å². The van der Waals surface area contributed by atoms with Crippen LogP contribution in [-0.2, 0) is 0 Å². The summed E-state index contributed by atoms with van der Waals surface area (Å²) in [5.41, 5.74) is 0.757. The summed E-state index contributed by atoms with van der Waals surface area (Å²) in [5.74, 6) is 2.86. The van der Waals surface area contributed by atoms with Gasteiger partial charge in [-0.25, -0.2) is 0 Å². The topological polar surface area (TPSA) is 23.5 Å². The van der Waals surface area contributed by atoms with Gasteiger partial charge in [-0.1, -0.05) is 18.1 Å². The summed E-state index contributed by atoms with van der Waals surface area (Å²) in [6, 6.07) is 7.12. The first-order valence-electron chi connectivity index (χ1n) is 4.13. The van der Waals surface area contributed by atoms with E-state index in [4.69, 9.17) is 6.42 Å². The zero-order valence-electron chi connectivity index (χ0n) is 7.86. The van der Waals surface area contributed by atoms with Gasteiger partial charge in [-0.2, -0.15) is 0 Å². The third-order valence-corrected chi connectivity index (χ3v) is 2.08. The highest BCUT2D eigenvalue weighted by atomic mass is 16.3. The maximum absolute atomic E-state index is 9.52. The molecule has 1 rings (SSSR count). The lowest BCUT2D eigenvalue weighted by Crippen LogP contribution is -2.27. The molecule has 0 aliphatic carbocycles. The minimum Gasteiger partial charge on any atom is -0.506 e. The molecule has 0 amide bonds. The van der Waals surface area contributed by atoms with E-state index in [1.54, 1.807) is 12.1 Å². The fourth-order valence-corrected chi connectivity index (χ4v) is 1.08. The van der Waals surface area contributed by atoms with E-state index >= 15 is 0 Å². The van der Waals surface area contributed by atoms with Crippen LogP contribution in [0.2, 0.25) is 0 Å². The van der Waals surface area contributed by atoms with Gasteiger partial charge in [0, 0.05) is 7.05 Å². The van der Waals surface area contributed by atoms with Crippen molar-refractivity contribution in [2.75, 3.05) is 11.9 Å². The highest BCUT2D eigenvalue weighted by Crippen LogP contribution is 2.26. The van der Waals surface area contributed by atoms with Crippen molar-refractivity contribution >= 4 is 5.69 Å². The molecule has 1 aromatic carbocycles. The van der Waals surface area contributed by atoms with Crippen LogP contribution in [0.5, 0.6) is 5.75 Å². The van der Waals surface area contributed by atoms with Gasteiger partial charge in [-0.05, 0) is 19.1 Å². The number of benzene rings is 1. The first kappa shape index (κ1) is 9.47. The zero-order valence-corrected chi connectivity index (χ0v) is 7.86. The molecule has 2 nitrogen and oxygen atoms in total. The number of aromatic hydroxyl groups is 1. The van der Waals surface area contributed by atoms with Crippen LogP contribution in [0, 0.1) is 12.3 Å². The van der Waals surface area contributed by atoms with Crippen LogP contribution in [0.1, 0.15) is 6.92 Å². The average Bonchev–Trinajstić information content (AvgIpc) is 2.16. The van der Waals surface area contributed by atoms with Crippen LogP contribution in [0.3, 0.4) is 0 Å². The number of rotatable bonds is 2. The van der Waals surface area contributed by atoms with Crippen LogP contribution >= 0.6 is 0 Å². The maximum Gasteiger partial charge on any atom is 0.138 e.